The average Bonchev–Trinajstić information content (AvgIpc) is 2.43. The van der Waals surface area contributed by atoms with Gasteiger partial charge in [0.1, 0.15) is 11.5 Å². The van der Waals surface area contributed by atoms with Gasteiger partial charge in [-0.3, -0.25) is 4.79 Å². The van der Waals surface area contributed by atoms with Crippen molar-refractivity contribution >= 4 is 0 Å². The zero-order valence-corrected chi connectivity index (χ0v) is 13.9. The maximum Gasteiger partial charge on any atom is 0.254 e. The van der Waals surface area contributed by atoms with Crippen molar-refractivity contribution in [1.29, 1.82) is 0 Å². The van der Waals surface area contributed by atoms with Crippen molar-refractivity contribution in [3.8, 4) is 11.5 Å². The molecule has 0 radical (unpaired) electrons. The Bertz CT molecular complexity index is 712. The molecule has 1 aromatic carbocycles. The van der Waals surface area contributed by atoms with Crippen molar-refractivity contribution in [2.24, 2.45) is 0 Å². The number of aryl methyl sites for hydroxylation is 3. The van der Waals surface area contributed by atoms with Crippen LogP contribution in [0.15, 0.2) is 23.0 Å². The fourth-order valence-corrected chi connectivity index (χ4v) is 2.46. The van der Waals surface area contributed by atoms with Gasteiger partial charge >= 0.3 is 0 Å². The third-order valence-electron chi connectivity index (χ3n) is 3.57. The molecule has 4 heteroatoms. The van der Waals surface area contributed by atoms with E-state index in [1.807, 2.05) is 39.8 Å². The molecule has 1 heterocycles. The summed E-state index contributed by atoms with van der Waals surface area (Å²) in [5.74, 6) is 1.34. The number of pyridine rings is 1. The van der Waals surface area contributed by atoms with Crippen LogP contribution in [0, 0.1) is 27.7 Å². The Morgan fingerprint density at radius 3 is 2.27 bits per heavy atom. The Hall–Kier alpha value is -2.07. The highest BCUT2D eigenvalue weighted by atomic mass is 16.5. The second-order valence-electron chi connectivity index (χ2n) is 5.57. The monoisotopic (exact) mass is 301 g/mol. The Labute approximate surface area is 131 Å². The summed E-state index contributed by atoms with van der Waals surface area (Å²) in [7, 11) is 0. The van der Waals surface area contributed by atoms with Crippen molar-refractivity contribution in [3.63, 3.8) is 0 Å². The normalized spacial score (nSPS) is 10.8. The van der Waals surface area contributed by atoms with E-state index >= 15 is 0 Å². The molecule has 0 spiro atoms. The highest BCUT2D eigenvalue weighted by Crippen LogP contribution is 2.30. The Balaban J connectivity index is 2.50. The Kier molecular flexibility index (Phi) is 5.03. The molecule has 1 N–H and O–H groups in total. The van der Waals surface area contributed by atoms with Gasteiger partial charge in [0.15, 0.2) is 0 Å². The molecule has 0 saturated heterocycles. The van der Waals surface area contributed by atoms with E-state index in [1.165, 1.54) is 0 Å². The van der Waals surface area contributed by atoms with Crippen LogP contribution in [0.2, 0.25) is 0 Å². The number of hydrogen-bond acceptors (Lipinski definition) is 3. The van der Waals surface area contributed by atoms with Gasteiger partial charge in [-0.15, -0.1) is 0 Å². The summed E-state index contributed by atoms with van der Waals surface area (Å²) in [4.78, 5) is 14.9. The third kappa shape index (κ3) is 3.57. The summed E-state index contributed by atoms with van der Waals surface area (Å²) < 4.78 is 11.6. The van der Waals surface area contributed by atoms with Crippen LogP contribution in [0.4, 0.5) is 0 Å². The molecule has 0 saturated carbocycles. The van der Waals surface area contributed by atoms with Gasteiger partial charge in [0.25, 0.3) is 5.56 Å². The number of benzene rings is 1. The SMILES string of the molecule is CCOCc1c(C)[nH]c(=O)c(C)c1Oc1cc(C)cc(C)c1. The minimum atomic E-state index is -0.128. The first-order chi connectivity index (χ1) is 10.4. The van der Waals surface area contributed by atoms with Gasteiger partial charge in [-0.25, -0.2) is 0 Å². The number of H-pyrrole nitrogens is 1. The van der Waals surface area contributed by atoms with Gasteiger partial charge in [-0.2, -0.15) is 0 Å². The van der Waals surface area contributed by atoms with Crippen LogP contribution in [0.1, 0.15) is 34.9 Å². The molecule has 0 atom stereocenters. The average molecular weight is 301 g/mol. The van der Waals surface area contributed by atoms with Crippen LogP contribution >= 0.6 is 0 Å². The number of nitrogens with one attached hydrogen (secondary N) is 1. The lowest BCUT2D eigenvalue weighted by atomic mass is 10.1. The van der Waals surface area contributed by atoms with Gasteiger partial charge in [-0.05, 0) is 57.9 Å². The molecule has 0 fully saturated rings. The Morgan fingerprint density at radius 1 is 1.05 bits per heavy atom. The summed E-state index contributed by atoms with van der Waals surface area (Å²) in [6, 6.07) is 6.02. The minimum Gasteiger partial charge on any atom is -0.456 e. The fourth-order valence-electron chi connectivity index (χ4n) is 2.46. The summed E-state index contributed by atoms with van der Waals surface area (Å²) in [5.41, 5.74) is 4.36. The molecule has 0 aliphatic carbocycles. The highest BCUT2D eigenvalue weighted by Gasteiger charge is 2.15. The molecule has 0 bridgehead atoms. The zero-order chi connectivity index (χ0) is 16.3. The van der Waals surface area contributed by atoms with Gasteiger partial charge < -0.3 is 14.5 Å². The van der Waals surface area contributed by atoms with Gasteiger partial charge in [0, 0.05) is 17.9 Å². The predicted molar refractivity (Wildman–Crippen MR) is 87.9 cm³/mol. The molecule has 2 aromatic rings. The van der Waals surface area contributed by atoms with Crippen molar-refractivity contribution in [1.82, 2.24) is 4.98 Å². The van der Waals surface area contributed by atoms with E-state index in [0.717, 1.165) is 28.1 Å². The van der Waals surface area contributed by atoms with Crippen LogP contribution in [0.3, 0.4) is 0 Å². The first kappa shape index (κ1) is 16.3. The van der Waals surface area contributed by atoms with E-state index in [1.54, 1.807) is 6.92 Å². The topological polar surface area (TPSA) is 51.3 Å². The molecular weight excluding hydrogens is 278 g/mol. The van der Waals surface area contributed by atoms with Crippen molar-refractivity contribution in [2.45, 2.75) is 41.2 Å². The largest absolute Gasteiger partial charge is 0.456 e. The van der Waals surface area contributed by atoms with E-state index in [2.05, 4.69) is 11.1 Å². The van der Waals surface area contributed by atoms with Gasteiger partial charge in [0.2, 0.25) is 0 Å². The van der Waals surface area contributed by atoms with Crippen molar-refractivity contribution in [3.05, 3.63) is 56.5 Å². The smallest absolute Gasteiger partial charge is 0.254 e. The lowest BCUT2D eigenvalue weighted by Gasteiger charge is -2.16. The molecule has 0 aliphatic heterocycles. The quantitative estimate of drug-likeness (QED) is 0.910. The first-order valence-corrected chi connectivity index (χ1v) is 7.48. The van der Waals surface area contributed by atoms with Crippen LogP contribution < -0.4 is 10.3 Å². The maximum atomic E-state index is 12.0. The Morgan fingerprint density at radius 2 is 1.68 bits per heavy atom. The molecular formula is C18H23NO3. The van der Waals surface area contributed by atoms with Gasteiger partial charge in [0.05, 0.1) is 12.2 Å². The van der Waals surface area contributed by atoms with E-state index in [4.69, 9.17) is 9.47 Å². The fraction of sp³-hybridized carbons (Fsp3) is 0.389. The van der Waals surface area contributed by atoms with Crippen LogP contribution in [0.5, 0.6) is 11.5 Å². The lowest BCUT2D eigenvalue weighted by molar-refractivity contribution is 0.131. The number of hydrogen-bond donors (Lipinski definition) is 1. The van der Waals surface area contributed by atoms with Crippen LogP contribution in [0.25, 0.3) is 0 Å². The predicted octanol–water partition coefficient (Wildman–Crippen LogP) is 3.94. The van der Waals surface area contributed by atoms with E-state index in [9.17, 15) is 4.79 Å². The molecule has 22 heavy (non-hydrogen) atoms. The second kappa shape index (κ2) is 6.79. The second-order valence-corrected chi connectivity index (χ2v) is 5.57. The zero-order valence-electron chi connectivity index (χ0n) is 13.9. The molecule has 0 aliphatic rings. The van der Waals surface area contributed by atoms with Crippen LogP contribution in [-0.4, -0.2) is 11.6 Å². The van der Waals surface area contributed by atoms with Crippen LogP contribution in [-0.2, 0) is 11.3 Å². The van der Waals surface area contributed by atoms with Gasteiger partial charge in [-0.1, -0.05) is 6.07 Å². The van der Waals surface area contributed by atoms with Crippen molar-refractivity contribution < 1.29 is 9.47 Å². The molecule has 0 amide bonds. The number of aromatic nitrogens is 1. The number of ether oxygens (including phenoxy) is 2. The molecule has 1 aromatic heterocycles. The van der Waals surface area contributed by atoms with Crippen molar-refractivity contribution in [2.75, 3.05) is 6.61 Å². The number of rotatable bonds is 5. The van der Waals surface area contributed by atoms with E-state index < -0.39 is 0 Å². The van der Waals surface area contributed by atoms with E-state index in [-0.39, 0.29) is 5.56 Å². The van der Waals surface area contributed by atoms with E-state index in [0.29, 0.717) is 24.5 Å². The summed E-state index contributed by atoms with van der Waals surface area (Å²) in [5, 5.41) is 0. The summed E-state index contributed by atoms with van der Waals surface area (Å²) in [6.45, 7) is 10.7. The minimum absolute atomic E-state index is 0.128. The highest BCUT2D eigenvalue weighted by molar-refractivity contribution is 5.45. The summed E-state index contributed by atoms with van der Waals surface area (Å²) >= 11 is 0. The lowest BCUT2D eigenvalue weighted by Crippen LogP contribution is -2.16. The molecule has 118 valence electrons. The third-order valence-corrected chi connectivity index (χ3v) is 3.57. The first-order valence-electron chi connectivity index (χ1n) is 7.48. The summed E-state index contributed by atoms with van der Waals surface area (Å²) in [6.07, 6.45) is 0. The molecule has 0 unspecified atom stereocenters. The number of aromatic amines is 1. The maximum absolute atomic E-state index is 12.0. The molecule has 2 rings (SSSR count). The molecule has 4 nitrogen and oxygen atoms in total. The standard InChI is InChI=1S/C18H23NO3/c1-6-21-10-16-14(5)19-18(20)13(4)17(16)22-15-8-11(2)7-12(3)9-15/h7-9H,6,10H2,1-5H3,(H,19,20).